The standard InChI is InChI=1S/C80H94BN/c1-48-37-59-71-70-64(79(18)31-23-24-32-80(71,79)19)44-54(74(7,8)9)45-66(70)81-65-29-27-51(42-68(65)82(69(38-48)72(59)81)67-30-28-53(73(4,5)6)43-57(67)52-25-21-20-22-26-52)41-58(55-46-62-60(39-49(55)2)75(10,11)33-35-77(62,14)15)56-47-63-61(40-50(56)3)76(12,13)34-36-78(63,16)17/h20-22,25-30,37-47,71H,23-24,31-36H2,1-19H3. The summed E-state index contributed by atoms with van der Waals surface area (Å²) >= 11 is 0. The van der Waals surface area contributed by atoms with Crippen LogP contribution in [0.1, 0.15) is 252 Å². The molecule has 6 aliphatic rings. The minimum atomic E-state index is -0.0276. The molecule has 3 unspecified atom stereocenters. The van der Waals surface area contributed by atoms with Crippen LogP contribution in [-0.2, 0) is 37.9 Å². The summed E-state index contributed by atoms with van der Waals surface area (Å²) in [4.78, 5) is 2.75. The molecule has 2 heterocycles. The van der Waals surface area contributed by atoms with Crippen LogP contribution in [0.25, 0.3) is 22.8 Å². The molecular formula is C80H94BN. The summed E-state index contributed by atoms with van der Waals surface area (Å²) in [5.74, 6) is 0.331. The predicted molar refractivity (Wildman–Crippen MR) is 355 cm³/mol. The predicted octanol–water partition coefficient (Wildman–Crippen LogP) is 19.8. The number of rotatable bonds is 5. The Morgan fingerprint density at radius 1 is 0.500 bits per heavy atom. The fraction of sp³-hybridized carbons (Fsp3) is 0.450. The van der Waals surface area contributed by atoms with Crippen molar-refractivity contribution in [3.8, 4) is 11.1 Å². The smallest absolute Gasteiger partial charge is 0.247 e. The molecule has 0 amide bonds. The van der Waals surface area contributed by atoms with Gasteiger partial charge in [0, 0.05) is 22.9 Å². The van der Waals surface area contributed by atoms with Gasteiger partial charge in [0.05, 0.1) is 5.69 Å². The summed E-state index contributed by atoms with van der Waals surface area (Å²) in [5, 5.41) is 0. The van der Waals surface area contributed by atoms with E-state index in [0.29, 0.717) is 5.92 Å². The highest BCUT2D eigenvalue weighted by atomic mass is 15.2. The SMILES string of the molecule is Cc1cc2c3c(c1)N(c1ccc(C(C)(C)C)cc1-c1ccccc1)c1cc(C=C(c4cc5c(cc4C)C(C)(C)CCC5(C)C)c4cc5c(cc4C)C(C)(C)CCC5(C)C)ccc1B3c1cc(C(C)(C)C)cc3c1C2C1(C)CCCCC31C. The molecule has 3 atom stereocenters. The molecular weight excluding hydrogens is 986 g/mol. The van der Waals surface area contributed by atoms with Gasteiger partial charge in [-0.15, -0.1) is 0 Å². The van der Waals surface area contributed by atoms with Crippen molar-refractivity contribution in [1.82, 2.24) is 0 Å². The molecule has 0 radical (unpaired) electrons. The van der Waals surface area contributed by atoms with Crippen molar-refractivity contribution in [3.05, 3.63) is 199 Å². The number of hydrogen-bond acceptors (Lipinski definition) is 1. The zero-order valence-corrected chi connectivity index (χ0v) is 53.8. The Kier molecular flexibility index (Phi) is 12.2. The third kappa shape index (κ3) is 8.19. The zero-order valence-electron chi connectivity index (χ0n) is 53.8. The fourth-order valence-corrected chi connectivity index (χ4v) is 17.4. The van der Waals surface area contributed by atoms with Crippen LogP contribution in [0.2, 0.25) is 0 Å². The molecule has 7 aromatic rings. The number of fused-ring (bicyclic) bond motifs is 9. The molecule has 1 fully saturated rings. The van der Waals surface area contributed by atoms with Gasteiger partial charge in [-0.2, -0.15) is 0 Å². The number of anilines is 3. The van der Waals surface area contributed by atoms with E-state index < -0.39 is 0 Å². The zero-order chi connectivity index (χ0) is 58.4. The van der Waals surface area contributed by atoms with Crippen molar-refractivity contribution in [1.29, 1.82) is 0 Å². The Labute approximate surface area is 495 Å². The molecule has 0 N–H and O–H groups in total. The summed E-state index contributed by atoms with van der Waals surface area (Å²) in [6.45, 7) is 46.9. The van der Waals surface area contributed by atoms with Crippen LogP contribution in [0.5, 0.6) is 0 Å². The maximum atomic E-state index is 2.75. The monoisotopic (exact) mass is 1080 g/mol. The molecule has 0 aromatic heterocycles. The van der Waals surface area contributed by atoms with E-state index in [1.807, 2.05) is 0 Å². The Morgan fingerprint density at radius 2 is 1.06 bits per heavy atom. The average molecular weight is 1080 g/mol. The van der Waals surface area contributed by atoms with Crippen molar-refractivity contribution in [2.45, 2.75) is 227 Å². The van der Waals surface area contributed by atoms with Gasteiger partial charge in [0.1, 0.15) is 0 Å². The van der Waals surface area contributed by atoms with Crippen molar-refractivity contribution >= 4 is 51.8 Å². The lowest BCUT2D eigenvalue weighted by Crippen LogP contribution is -2.62. The second kappa shape index (κ2) is 18.1. The third-order valence-corrected chi connectivity index (χ3v) is 23.0. The van der Waals surface area contributed by atoms with Crippen LogP contribution in [0, 0.1) is 26.2 Å². The summed E-state index contributed by atoms with van der Waals surface area (Å²) < 4.78 is 0. The van der Waals surface area contributed by atoms with E-state index in [9.17, 15) is 0 Å². The second-order valence-corrected chi connectivity index (χ2v) is 32.4. The van der Waals surface area contributed by atoms with Gasteiger partial charge in [0.25, 0.3) is 0 Å². The van der Waals surface area contributed by atoms with Crippen LogP contribution < -0.4 is 21.3 Å². The van der Waals surface area contributed by atoms with Gasteiger partial charge in [-0.05, 0) is 238 Å². The quantitative estimate of drug-likeness (QED) is 0.123. The first-order chi connectivity index (χ1) is 38.3. The highest BCUT2D eigenvalue weighted by Gasteiger charge is 2.62. The van der Waals surface area contributed by atoms with Crippen molar-refractivity contribution in [2.24, 2.45) is 5.41 Å². The van der Waals surface area contributed by atoms with Crippen molar-refractivity contribution < 1.29 is 0 Å². The van der Waals surface area contributed by atoms with E-state index in [1.165, 1.54) is 163 Å². The van der Waals surface area contributed by atoms with Gasteiger partial charge in [0.2, 0.25) is 6.71 Å². The van der Waals surface area contributed by atoms with Crippen LogP contribution in [0.3, 0.4) is 0 Å². The third-order valence-electron chi connectivity index (χ3n) is 23.0. The maximum Gasteiger partial charge on any atom is 0.247 e. The second-order valence-electron chi connectivity index (χ2n) is 32.4. The number of aryl methyl sites for hydroxylation is 3. The van der Waals surface area contributed by atoms with Gasteiger partial charge in [-0.1, -0.05) is 220 Å². The maximum absolute atomic E-state index is 2.75. The molecule has 0 bridgehead atoms. The molecule has 4 aliphatic carbocycles. The molecule has 7 aromatic carbocycles. The minimum Gasteiger partial charge on any atom is -0.311 e. The molecule has 0 saturated heterocycles. The molecule has 422 valence electrons. The normalized spacial score (nSPS) is 23.0. The first-order valence-electron chi connectivity index (χ1n) is 31.9. The highest BCUT2D eigenvalue weighted by Crippen LogP contribution is 2.68. The lowest BCUT2D eigenvalue weighted by atomic mass is 9.30. The topological polar surface area (TPSA) is 3.24 Å². The van der Waals surface area contributed by atoms with E-state index in [-0.39, 0.29) is 50.0 Å². The number of benzene rings is 7. The Balaban J connectivity index is 1.14. The molecule has 82 heavy (non-hydrogen) atoms. The first kappa shape index (κ1) is 55.3. The van der Waals surface area contributed by atoms with E-state index in [0.717, 1.165) is 0 Å². The van der Waals surface area contributed by atoms with Crippen LogP contribution in [0.15, 0.2) is 115 Å². The Morgan fingerprint density at radius 3 is 1.63 bits per heavy atom. The summed E-state index contributed by atoms with van der Waals surface area (Å²) in [7, 11) is 0. The van der Waals surface area contributed by atoms with E-state index in [2.05, 4.69) is 258 Å². The average Bonchev–Trinajstić information content (AvgIpc) is 1.52. The Hall–Kier alpha value is -5.86. The number of nitrogens with zero attached hydrogens (tertiary/aromatic N) is 1. The highest BCUT2D eigenvalue weighted by molar-refractivity contribution is 6.99. The fourth-order valence-electron chi connectivity index (χ4n) is 17.4. The van der Waals surface area contributed by atoms with Crippen LogP contribution in [0.4, 0.5) is 17.1 Å². The number of hydrogen-bond donors (Lipinski definition) is 0. The van der Waals surface area contributed by atoms with Crippen LogP contribution in [-0.4, -0.2) is 6.71 Å². The van der Waals surface area contributed by atoms with Crippen molar-refractivity contribution in [2.75, 3.05) is 4.90 Å². The first-order valence-corrected chi connectivity index (χ1v) is 31.9. The van der Waals surface area contributed by atoms with E-state index >= 15 is 0 Å². The summed E-state index contributed by atoms with van der Waals surface area (Å²) in [6.07, 6.45) is 12.5. The van der Waals surface area contributed by atoms with E-state index in [4.69, 9.17) is 0 Å². The molecule has 2 aliphatic heterocycles. The molecule has 1 nitrogen and oxygen atoms in total. The molecule has 0 spiro atoms. The van der Waals surface area contributed by atoms with E-state index in [1.54, 1.807) is 22.2 Å². The van der Waals surface area contributed by atoms with Gasteiger partial charge in [-0.25, -0.2) is 0 Å². The lowest BCUT2D eigenvalue weighted by Gasteiger charge is -2.51. The van der Waals surface area contributed by atoms with Crippen LogP contribution >= 0.6 is 0 Å². The van der Waals surface area contributed by atoms with Gasteiger partial charge < -0.3 is 4.90 Å². The summed E-state index contributed by atoms with van der Waals surface area (Å²) in [6, 6.07) is 47.6. The van der Waals surface area contributed by atoms with Gasteiger partial charge in [-0.3, -0.25) is 0 Å². The minimum absolute atomic E-state index is 0.00500. The lowest BCUT2D eigenvalue weighted by molar-refractivity contribution is 0.0925. The Bertz CT molecular complexity index is 3770. The van der Waals surface area contributed by atoms with Gasteiger partial charge >= 0.3 is 0 Å². The summed E-state index contributed by atoms with van der Waals surface area (Å²) in [5.41, 5.74) is 34.6. The van der Waals surface area contributed by atoms with Gasteiger partial charge in [0.15, 0.2) is 0 Å². The largest absolute Gasteiger partial charge is 0.311 e. The molecule has 1 saturated carbocycles. The molecule has 2 heteroatoms. The van der Waals surface area contributed by atoms with Crippen molar-refractivity contribution in [3.63, 3.8) is 0 Å². The molecule has 13 rings (SSSR count).